The summed E-state index contributed by atoms with van der Waals surface area (Å²) in [5.41, 5.74) is 5.23. The van der Waals surface area contributed by atoms with Gasteiger partial charge in [-0.3, -0.25) is 19.8 Å². The number of benzene rings is 3. The zero-order valence-electron chi connectivity index (χ0n) is 18.7. The minimum Gasteiger partial charge on any atom is -0.497 e. The predicted molar refractivity (Wildman–Crippen MR) is 142 cm³/mol. The summed E-state index contributed by atoms with van der Waals surface area (Å²) in [5.74, 6) is -1.63. The Hall–Kier alpha value is -3.63. The Kier molecular flexibility index (Phi) is 7.23. The van der Waals surface area contributed by atoms with Gasteiger partial charge in [-0.05, 0) is 89.1 Å². The molecule has 4 rings (SSSR count). The van der Waals surface area contributed by atoms with Crippen LogP contribution in [0.4, 0.5) is 11.4 Å². The number of carbonyl (C=O) groups excluding carboxylic acids is 3. The molecule has 3 N–H and O–H groups in total. The van der Waals surface area contributed by atoms with Gasteiger partial charge >= 0.3 is 11.8 Å². The number of amides is 3. The third kappa shape index (κ3) is 5.55. The van der Waals surface area contributed by atoms with Gasteiger partial charge in [-0.25, -0.2) is 4.68 Å². The summed E-state index contributed by atoms with van der Waals surface area (Å²) in [4.78, 5) is 38.5. The van der Waals surface area contributed by atoms with E-state index < -0.39 is 17.7 Å². The van der Waals surface area contributed by atoms with Crippen LogP contribution in [0.1, 0.15) is 16.1 Å². The highest BCUT2D eigenvalue weighted by Gasteiger charge is 2.21. The standard InChI is InChI=1S/C25H20Br2N4O4/c1-14-3-9-20(19(27)11-14)29-24(33)25(34)30-31-21-10-4-16(26)12-15(21)13-22(31)23(32)28-17-5-7-18(35-2)8-6-17/h3-13H,1-2H3,(H,28,32)(H,29,33)(H,30,34). The van der Waals surface area contributed by atoms with Crippen molar-refractivity contribution in [2.45, 2.75) is 6.92 Å². The van der Waals surface area contributed by atoms with Gasteiger partial charge in [0.1, 0.15) is 11.4 Å². The molecule has 0 saturated carbocycles. The predicted octanol–water partition coefficient (Wildman–Crippen LogP) is 5.44. The van der Waals surface area contributed by atoms with E-state index in [2.05, 4.69) is 47.9 Å². The molecule has 0 aliphatic carbocycles. The van der Waals surface area contributed by atoms with Crippen LogP contribution in [-0.4, -0.2) is 29.5 Å². The number of nitrogens with one attached hydrogen (secondary N) is 3. The molecule has 10 heteroatoms. The molecular formula is C25H20Br2N4O4. The maximum Gasteiger partial charge on any atom is 0.328 e. The van der Waals surface area contributed by atoms with E-state index in [1.54, 1.807) is 55.6 Å². The molecule has 4 aromatic rings. The molecule has 1 aromatic heterocycles. The van der Waals surface area contributed by atoms with E-state index in [1.165, 1.54) is 4.68 Å². The van der Waals surface area contributed by atoms with E-state index >= 15 is 0 Å². The molecule has 0 spiro atoms. The van der Waals surface area contributed by atoms with E-state index in [1.807, 2.05) is 25.1 Å². The van der Waals surface area contributed by atoms with Crippen LogP contribution in [0, 0.1) is 6.92 Å². The molecule has 0 aliphatic heterocycles. The molecule has 0 aliphatic rings. The van der Waals surface area contributed by atoms with E-state index in [0.29, 0.717) is 32.5 Å². The average Bonchev–Trinajstić information content (AvgIpc) is 3.18. The number of nitrogens with zero attached hydrogens (tertiary/aromatic N) is 1. The van der Waals surface area contributed by atoms with Crippen LogP contribution in [0.5, 0.6) is 5.75 Å². The average molecular weight is 600 g/mol. The normalized spacial score (nSPS) is 10.6. The van der Waals surface area contributed by atoms with Gasteiger partial charge in [0.05, 0.1) is 18.3 Å². The first-order valence-corrected chi connectivity index (χ1v) is 12.0. The van der Waals surface area contributed by atoms with Crippen molar-refractivity contribution in [3.8, 4) is 5.75 Å². The number of ether oxygens (including phenoxy) is 1. The van der Waals surface area contributed by atoms with E-state index in [9.17, 15) is 14.4 Å². The van der Waals surface area contributed by atoms with Crippen LogP contribution in [-0.2, 0) is 9.59 Å². The molecule has 8 nitrogen and oxygen atoms in total. The Bertz CT molecular complexity index is 1450. The van der Waals surface area contributed by atoms with E-state index in [4.69, 9.17) is 4.74 Å². The van der Waals surface area contributed by atoms with Crippen LogP contribution >= 0.6 is 31.9 Å². The summed E-state index contributed by atoms with van der Waals surface area (Å²) in [5, 5.41) is 6.07. The summed E-state index contributed by atoms with van der Waals surface area (Å²) in [6.07, 6.45) is 0. The van der Waals surface area contributed by atoms with Gasteiger partial charge in [0.15, 0.2) is 0 Å². The first kappa shape index (κ1) is 24.5. The number of carbonyl (C=O) groups is 3. The summed E-state index contributed by atoms with van der Waals surface area (Å²) in [7, 11) is 1.56. The first-order chi connectivity index (χ1) is 16.7. The number of anilines is 2. The maximum absolute atomic E-state index is 13.1. The maximum atomic E-state index is 13.1. The molecule has 0 fully saturated rings. The topological polar surface area (TPSA) is 101 Å². The Morgan fingerprint density at radius 1 is 0.857 bits per heavy atom. The number of aryl methyl sites for hydroxylation is 1. The third-order valence-corrected chi connectivity index (χ3v) is 6.29. The Balaban J connectivity index is 1.61. The highest BCUT2D eigenvalue weighted by Crippen LogP contribution is 2.25. The quantitative estimate of drug-likeness (QED) is 0.266. The van der Waals surface area contributed by atoms with Gasteiger partial charge in [-0.15, -0.1) is 0 Å². The summed E-state index contributed by atoms with van der Waals surface area (Å²) in [6, 6.07) is 19.1. The fourth-order valence-electron chi connectivity index (χ4n) is 3.40. The lowest BCUT2D eigenvalue weighted by molar-refractivity contribution is -0.133. The van der Waals surface area contributed by atoms with Gasteiger partial charge < -0.3 is 15.4 Å². The Morgan fingerprint density at radius 3 is 2.29 bits per heavy atom. The van der Waals surface area contributed by atoms with Gasteiger partial charge in [-0.2, -0.15) is 0 Å². The molecule has 3 amide bonds. The van der Waals surface area contributed by atoms with Crippen molar-refractivity contribution in [3.05, 3.63) is 86.9 Å². The van der Waals surface area contributed by atoms with Gasteiger partial charge in [0.25, 0.3) is 5.91 Å². The second-order valence-corrected chi connectivity index (χ2v) is 9.40. The number of methoxy groups -OCH3 is 1. The molecule has 0 saturated heterocycles. The summed E-state index contributed by atoms with van der Waals surface area (Å²) >= 11 is 6.80. The number of halogens is 2. The molecule has 3 aromatic carbocycles. The second kappa shape index (κ2) is 10.3. The number of hydrogen-bond donors (Lipinski definition) is 3. The van der Waals surface area contributed by atoms with Crippen LogP contribution < -0.4 is 20.8 Å². The minimum atomic E-state index is -0.934. The molecule has 0 radical (unpaired) electrons. The number of hydrogen-bond acceptors (Lipinski definition) is 4. The van der Waals surface area contributed by atoms with Crippen LogP contribution in [0.25, 0.3) is 10.9 Å². The molecule has 1 heterocycles. The first-order valence-electron chi connectivity index (χ1n) is 10.4. The third-order valence-electron chi connectivity index (χ3n) is 5.14. The number of fused-ring (bicyclic) bond motifs is 1. The largest absolute Gasteiger partial charge is 0.497 e. The van der Waals surface area contributed by atoms with Crippen molar-refractivity contribution in [3.63, 3.8) is 0 Å². The zero-order valence-corrected chi connectivity index (χ0v) is 21.9. The zero-order chi connectivity index (χ0) is 25.1. The van der Waals surface area contributed by atoms with Crippen LogP contribution in [0.2, 0.25) is 0 Å². The second-order valence-electron chi connectivity index (χ2n) is 7.63. The van der Waals surface area contributed by atoms with Crippen molar-refractivity contribution < 1.29 is 19.1 Å². The van der Waals surface area contributed by atoms with Crippen LogP contribution in [0.3, 0.4) is 0 Å². The van der Waals surface area contributed by atoms with Crippen LogP contribution in [0.15, 0.2) is 75.7 Å². The summed E-state index contributed by atoms with van der Waals surface area (Å²) < 4.78 is 7.89. The van der Waals surface area contributed by atoms with Crippen molar-refractivity contribution >= 4 is 71.9 Å². The SMILES string of the molecule is COc1ccc(NC(=O)c2cc3cc(Br)ccc3n2NC(=O)C(=O)Nc2ccc(C)cc2Br)cc1. The van der Waals surface area contributed by atoms with Gasteiger partial charge in [-0.1, -0.05) is 22.0 Å². The van der Waals surface area contributed by atoms with Crippen molar-refractivity contribution in [2.24, 2.45) is 0 Å². The Morgan fingerprint density at radius 2 is 1.60 bits per heavy atom. The Labute approximate surface area is 217 Å². The smallest absolute Gasteiger partial charge is 0.328 e. The lowest BCUT2D eigenvalue weighted by Crippen LogP contribution is -2.36. The van der Waals surface area contributed by atoms with Gasteiger partial charge in [0, 0.05) is 20.0 Å². The van der Waals surface area contributed by atoms with E-state index in [0.717, 1.165) is 10.0 Å². The van der Waals surface area contributed by atoms with Crippen molar-refractivity contribution in [2.75, 3.05) is 23.2 Å². The highest BCUT2D eigenvalue weighted by molar-refractivity contribution is 9.10. The lowest BCUT2D eigenvalue weighted by atomic mass is 10.2. The van der Waals surface area contributed by atoms with Gasteiger partial charge in [0.2, 0.25) is 0 Å². The lowest BCUT2D eigenvalue weighted by Gasteiger charge is -2.13. The van der Waals surface area contributed by atoms with Crippen molar-refractivity contribution in [1.82, 2.24) is 4.68 Å². The van der Waals surface area contributed by atoms with E-state index in [-0.39, 0.29) is 5.69 Å². The molecular weight excluding hydrogens is 580 g/mol. The minimum absolute atomic E-state index is 0.145. The molecule has 0 atom stereocenters. The number of rotatable bonds is 5. The number of aromatic nitrogens is 1. The molecule has 35 heavy (non-hydrogen) atoms. The van der Waals surface area contributed by atoms with Crippen molar-refractivity contribution in [1.29, 1.82) is 0 Å². The summed E-state index contributed by atoms with van der Waals surface area (Å²) in [6.45, 7) is 1.91. The highest BCUT2D eigenvalue weighted by atomic mass is 79.9. The fourth-order valence-corrected chi connectivity index (χ4v) is 4.37. The monoisotopic (exact) mass is 598 g/mol. The molecule has 0 bridgehead atoms. The fraction of sp³-hybridized carbons (Fsp3) is 0.0800. The molecule has 178 valence electrons. The molecule has 0 unspecified atom stereocenters.